The van der Waals surface area contributed by atoms with Crippen molar-refractivity contribution in [2.45, 2.75) is 83.5 Å². The van der Waals surface area contributed by atoms with Crippen LogP contribution in [0, 0.1) is 11.3 Å². The number of benzene rings is 2. The fraction of sp³-hybridized carbons (Fsp3) is 0.500. The van der Waals surface area contributed by atoms with Gasteiger partial charge in [-0.25, -0.2) is 18.2 Å². The Kier molecular flexibility index (Phi) is 8.68. The van der Waals surface area contributed by atoms with Gasteiger partial charge >= 0.3 is 5.76 Å². The van der Waals surface area contributed by atoms with Crippen LogP contribution < -0.4 is 11.1 Å². The minimum Gasteiger partial charge on any atom is -0.349 e. The van der Waals surface area contributed by atoms with Crippen LogP contribution in [0.3, 0.4) is 0 Å². The van der Waals surface area contributed by atoms with Crippen LogP contribution in [0.2, 0.25) is 0 Å². The standard InChI is InChI=1S/C32H40N4O5S2/c1-31(2,3)19-43(39,40)25-16-15-23(21-13-9-10-14-22(21)25)26-24(17-20-11-7-6-8-12-20)34-28(42-26)27(37)33-18-32(4,5)29-35-30(38)41-36-29/h9-10,13-16,20H,6-8,11-12,17-19H2,1-5H3,(H,33,37)(H,35,36,38). The highest BCUT2D eigenvalue weighted by Crippen LogP contribution is 2.40. The number of hydrogen-bond acceptors (Lipinski definition) is 8. The molecule has 0 radical (unpaired) electrons. The number of aromatic amines is 1. The predicted octanol–water partition coefficient (Wildman–Crippen LogP) is 6.29. The van der Waals surface area contributed by atoms with Gasteiger partial charge in [0.2, 0.25) is 0 Å². The summed E-state index contributed by atoms with van der Waals surface area (Å²) in [5.74, 6) is -0.0704. The molecule has 0 atom stereocenters. The SMILES string of the molecule is CC(C)(C)CS(=O)(=O)c1ccc(-c2sc(C(=O)NCC(C)(C)c3noc(=O)[nH]3)nc2CC2CCCCC2)c2ccccc12. The van der Waals surface area contributed by atoms with E-state index in [9.17, 15) is 18.0 Å². The monoisotopic (exact) mass is 624 g/mol. The molecule has 1 aliphatic carbocycles. The van der Waals surface area contributed by atoms with E-state index in [1.54, 1.807) is 6.07 Å². The van der Waals surface area contributed by atoms with Gasteiger partial charge in [-0.15, -0.1) is 11.3 Å². The maximum Gasteiger partial charge on any atom is 0.438 e. The van der Waals surface area contributed by atoms with Crippen molar-refractivity contribution in [2.75, 3.05) is 12.3 Å². The Morgan fingerprint density at radius 3 is 2.40 bits per heavy atom. The number of nitrogens with zero attached hydrogens (tertiary/aromatic N) is 2. The molecule has 9 nitrogen and oxygen atoms in total. The van der Waals surface area contributed by atoms with E-state index in [4.69, 9.17) is 4.98 Å². The van der Waals surface area contributed by atoms with Gasteiger partial charge < -0.3 is 5.32 Å². The molecule has 0 aliphatic heterocycles. The van der Waals surface area contributed by atoms with E-state index in [1.807, 2.05) is 65.0 Å². The lowest BCUT2D eigenvalue weighted by Gasteiger charge is -2.21. The zero-order chi connectivity index (χ0) is 31.0. The van der Waals surface area contributed by atoms with Crippen LogP contribution in [0.25, 0.3) is 21.2 Å². The Balaban J connectivity index is 1.53. The Hall–Kier alpha value is -3.31. The molecule has 0 saturated heterocycles. The third kappa shape index (κ3) is 7.09. The highest BCUT2D eigenvalue weighted by atomic mass is 32.2. The normalized spacial score (nSPS) is 15.2. The Morgan fingerprint density at radius 2 is 1.74 bits per heavy atom. The van der Waals surface area contributed by atoms with Gasteiger partial charge in [0.1, 0.15) is 0 Å². The molecular formula is C32H40N4O5S2. The molecule has 1 amide bonds. The molecule has 1 fully saturated rings. The van der Waals surface area contributed by atoms with Crippen LogP contribution in [0.1, 0.15) is 88.0 Å². The number of sulfone groups is 1. The van der Waals surface area contributed by atoms with E-state index in [1.165, 1.54) is 30.6 Å². The lowest BCUT2D eigenvalue weighted by atomic mass is 9.85. The maximum atomic E-state index is 13.5. The van der Waals surface area contributed by atoms with E-state index in [0.29, 0.717) is 27.0 Å². The second-order valence-corrected chi connectivity index (χ2v) is 16.4. The molecule has 2 heterocycles. The number of rotatable bonds is 9. The van der Waals surface area contributed by atoms with Gasteiger partial charge in [0.05, 0.1) is 21.2 Å². The Morgan fingerprint density at radius 1 is 1.05 bits per heavy atom. The summed E-state index contributed by atoms with van der Waals surface area (Å²) in [4.78, 5) is 33.6. The molecule has 43 heavy (non-hydrogen) atoms. The van der Waals surface area contributed by atoms with E-state index in [0.717, 1.165) is 40.8 Å². The van der Waals surface area contributed by atoms with Crippen molar-refractivity contribution >= 4 is 37.9 Å². The number of fused-ring (bicyclic) bond motifs is 1. The molecule has 5 rings (SSSR count). The number of amides is 1. The summed E-state index contributed by atoms with van der Waals surface area (Å²) in [6.07, 6.45) is 6.67. The predicted molar refractivity (Wildman–Crippen MR) is 169 cm³/mol. The minimum absolute atomic E-state index is 0.0414. The summed E-state index contributed by atoms with van der Waals surface area (Å²) in [5, 5.41) is 8.59. The molecule has 0 unspecified atom stereocenters. The molecule has 2 aromatic carbocycles. The zero-order valence-electron chi connectivity index (χ0n) is 25.5. The van der Waals surface area contributed by atoms with E-state index >= 15 is 0 Å². The summed E-state index contributed by atoms with van der Waals surface area (Å²) in [7, 11) is -3.54. The molecule has 2 aromatic heterocycles. The largest absolute Gasteiger partial charge is 0.438 e. The summed E-state index contributed by atoms with van der Waals surface area (Å²) < 4.78 is 31.6. The number of carbonyl (C=O) groups excluding carboxylic acids is 1. The van der Waals surface area contributed by atoms with Gasteiger partial charge in [0.15, 0.2) is 20.7 Å². The van der Waals surface area contributed by atoms with Crippen LogP contribution in [0.5, 0.6) is 0 Å². The van der Waals surface area contributed by atoms with Crippen molar-refractivity contribution in [1.29, 1.82) is 0 Å². The molecule has 2 N–H and O–H groups in total. The van der Waals surface area contributed by atoms with Crippen molar-refractivity contribution in [3.63, 3.8) is 0 Å². The van der Waals surface area contributed by atoms with Crippen LogP contribution in [0.15, 0.2) is 50.6 Å². The third-order valence-electron chi connectivity index (χ3n) is 7.96. The van der Waals surface area contributed by atoms with Gasteiger partial charge in [0, 0.05) is 22.9 Å². The first-order valence-electron chi connectivity index (χ1n) is 14.8. The number of nitrogens with one attached hydrogen (secondary N) is 2. The molecule has 0 spiro atoms. The first-order valence-corrected chi connectivity index (χ1v) is 17.3. The van der Waals surface area contributed by atoms with Crippen molar-refractivity contribution in [1.82, 2.24) is 20.4 Å². The zero-order valence-corrected chi connectivity index (χ0v) is 27.1. The smallest absolute Gasteiger partial charge is 0.349 e. The summed E-state index contributed by atoms with van der Waals surface area (Å²) in [6.45, 7) is 9.69. The molecule has 4 aromatic rings. The number of H-pyrrole nitrogens is 1. The lowest BCUT2D eigenvalue weighted by Crippen LogP contribution is -2.37. The van der Waals surface area contributed by atoms with Crippen molar-refractivity contribution in [3.8, 4) is 10.4 Å². The average molecular weight is 625 g/mol. The fourth-order valence-corrected chi connectivity index (χ4v) is 8.97. The second-order valence-electron chi connectivity index (χ2n) is 13.5. The molecule has 1 saturated carbocycles. The summed E-state index contributed by atoms with van der Waals surface area (Å²) >= 11 is 1.33. The first-order chi connectivity index (χ1) is 20.2. The van der Waals surface area contributed by atoms with Gasteiger partial charge in [0.25, 0.3) is 5.91 Å². The first kappa shape index (κ1) is 31.1. The second kappa shape index (κ2) is 12.0. The number of carbonyl (C=O) groups is 1. The number of aromatic nitrogens is 3. The number of thiazole rings is 1. The fourth-order valence-electron chi connectivity index (χ4n) is 5.83. The molecule has 230 valence electrons. The molecular weight excluding hydrogens is 585 g/mol. The Bertz CT molecular complexity index is 1790. The van der Waals surface area contributed by atoms with Gasteiger partial charge in [-0.3, -0.25) is 14.3 Å². The molecule has 0 bridgehead atoms. The average Bonchev–Trinajstić information content (AvgIpc) is 3.57. The quantitative estimate of drug-likeness (QED) is 0.223. The summed E-state index contributed by atoms with van der Waals surface area (Å²) in [6, 6.07) is 11.2. The van der Waals surface area contributed by atoms with Crippen LogP contribution in [-0.2, 0) is 21.7 Å². The van der Waals surface area contributed by atoms with E-state index < -0.39 is 21.0 Å². The summed E-state index contributed by atoms with van der Waals surface area (Å²) in [5.41, 5.74) is 0.700. The maximum absolute atomic E-state index is 13.5. The van der Waals surface area contributed by atoms with Gasteiger partial charge in [-0.2, -0.15) is 0 Å². The topological polar surface area (TPSA) is 135 Å². The number of hydrogen-bond donors (Lipinski definition) is 2. The third-order valence-corrected chi connectivity index (χ3v) is 11.4. The highest BCUT2D eigenvalue weighted by molar-refractivity contribution is 7.91. The van der Waals surface area contributed by atoms with Crippen molar-refractivity contribution in [3.05, 3.63) is 63.5 Å². The van der Waals surface area contributed by atoms with Crippen LogP contribution >= 0.6 is 11.3 Å². The van der Waals surface area contributed by atoms with Crippen LogP contribution in [0.4, 0.5) is 0 Å². The molecule has 11 heteroatoms. The molecule has 1 aliphatic rings. The van der Waals surface area contributed by atoms with Gasteiger partial charge in [-0.1, -0.05) is 102 Å². The lowest BCUT2D eigenvalue weighted by molar-refractivity contribution is 0.0944. The van der Waals surface area contributed by atoms with Crippen LogP contribution in [-0.4, -0.2) is 41.7 Å². The van der Waals surface area contributed by atoms with Crippen molar-refractivity contribution < 1.29 is 17.7 Å². The van der Waals surface area contributed by atoms with Crippen molar-refractivity contribution in [2.24, 2.45) is 11.3 Å². The van der Waals surface area contributed by atoms with E-state index in [2.05, 4.69) is 20.0 Å². The van der Waals surface area contributed by atoms with Gasteiger partial charge in [-0.05, 0) is 29.2 Å². The minimum atomic E-state index is -3.54. The highest BCUT2D eigenvalue weighted by Gasteiger charge is 2.30. The Labute approximate surface area is 256 Å². The van der Waals surface area contributed by atoms with E-state index in [-0.39, 0.29) is 23.6 Å².